The first kappa shape index (κ1) is 16.5. The molecule has 8 heteroatoms. The number of hydrogen-bond acceptors (Lipinski definition) is 3. The van der Waals surface area contributed by atoms with Crippen LogP contribution in [0.2, 0.25) is 10.0 Å². The minimum absolute atomic E-state index is 0.252. The van der Waals surface area contributed by atoms with Gasteiger partial charge in [-0.2, -0.15) is 10.2 Å². The second kappa shape index (κ2) is 6.67. The summed E-state index contributed by atoms with van der Waals surface area (Å²) in [7, 11) is 1.84. The van der Waals surface area contributed by atoms with E-state index in [0.717, 1.165) is 11.4 Å². The Morgan fingerprint density at radius 1 is 1.29 bits per heavy atom. The van der Waals surface area contributed by atoms with Gasteiger partial charge in [0.05, 0.1) is 28.6 Å². The Balaban J connectivity index is 1.73. The largest absolute Gasteiger partial charge is 0.345 e. The van der Waals surface area contributed by atoms with Gasteiger partial charge in [0.15, 0.2) is 0 Å². The molecule has 0 unspecified atom stereocenters. The van der Waals surface area contributed by atoms with Crippen LogP contribution < -0.4 is 5.32 Å². The van der Waals surface area contributed by atoms with Crippen molar-refractivity contribution in [3.05, 3.63) is 57.5 Å². The highest BCUT2D eigenvalue weighted by molar-refractivity contribution is 6.36. The van der Waals surface area contributed by atoms with Crippen LogP contribution in [-0.2, 0) is 13.6 Å². The Morgan fingerprint density at radius 2 is 2.08 bits per heavy atom. The molecule has 6 nitrogen and oxygen atoms in total. The van der Waals surface area contributed by atoms with Crippen LogP contribution in [0.15, 0.2) is 30.3 Å². The summed E-state index contributed by atoms with van der Waals surface area (Å²) in [5.41, 5.74) is 3.47. The molecule has 0 aliphatic heterocycles. The molecule has 0 radical (unpaired) electrons. The summed E-state index contributed by atoms with van der Waals surface area (Å²) in [4.78, 5) is 12.3. The summed E-state index contributed by atoms with van der Waals surface area (Å²) in [6.07, 6.45) is 0. The van der Waals surface area contributed by atoms with Gasteiger partial charge in [-0.25, -0.2) is 0 Å². The van der Waals surface area contributed by atoms with E-state index >= 15 is 0 Å². The van der Waals surface area contributed by atoms with E-state index in [0.29, 0.717) is 33.5 Å². The van der Waals surface area contributed by atoms with E-state index < -0.39 is 0 Å². The minimum atomic E-state index is -0.252. The van der Waals surface area contributed by atoms with E-state index in [2.05, 4.69) is 20.6 Å². The van der Waals surface area contributed by atoms with Crippen molar-refractivity contribution in [1.29, 1.82) is 0 Å². The Hall–Kier alpha value is -2.31. The molecule has 0 aliphatic rings. The Morgan fingerprint density at radius 3 is 2.75 bits per heavy atom. The van der Waals surface area contributed by atoms with Gasteiger partial charge in [-0.05, 0) is 37.3 Å². The van der Waals surface area contributed by atoms with Crippen molar-refractivity contribution in [2.75, 3.05) is 0 Å². The van der Waals surface area contributed by atoms with Gasteiger partial charge < -0.3 is 5.32 Å². The van der Waals surface area contributed by atoms with Crippen LogP contribution in [0.5, 0.6) is 0 Å². The first-order valence-corrected chi connectivity index (χ1v) is 7.98. The van der Waals surface area contributed by atoms with Crippen LogP contribution >= 0.6 is 23.2 Å². The number of carbonyl (C=O) groups excluding carboxylic acids is 1. The molecule has 24 heavy (non-hydrogen) atoms. The smallest absolute Gasteiger partial charge is 0.269 e. The minimum Gasteiger partial charge on any atom is -0.345 e. The number of aromatic nitrogens is 4. The number of aromatic amines is 1. The number of nitrogens with one attached hydrogen (secondary N) is 2. The van der Waals surface area contributed by atoms with E-state index in [9.17, 15) is 4.79 Å². The molecule has 124 valence electrons. The molecule has 1 aromatic carbocycles. The molecule has 2 N–H and O–H groups in total. The lowest BCUT2D eigenvalue weighted by atomic mass is 10.1. The Labute approximate surface area is 148 Å². The first-order chi connectivity index (χ1) is 11.4. The van der Waals surface area contributed by atoms with Crippen molar-refractivity contribution in [3.8, 4) is 11.3 Å². The van der Waals surface area contributed by atoms with E-state index in [-0.39, 0.29) is 5.91 Å². The van der Waals surface area contributed by atoms with E-state index in [1.807, 2.05) is 20.0 Å². The van der Waals surface area contributed by atoms with Gasteiger partial charge in [-0.1, -0.05) is 23.2 Å². The van der Waals surface area contributed by atoms with Crippen LogP contribution in [0, 0.1) is 6.92 Å². The van der Waals surface area contributed by atoms with Gasteiger partial charge in [-0.3, -0.25) is 14.6 Å². The van der Waals surface area contributed by atoms with Crippen LogP contribution in [0.25, 0.3) is 11.3 Å². The lowest BCUT2D eigenvalue weighted by Gasteiger charge is -2.03. The molecule has 0 atom stereocenters. The second-order valence-corrected chi connectivity index (χ2v) is 6.22. The zero-order valence-electron chi connectivity index (χ0n) is 13.1. The summed E-state index contributed by atoms with van der Waals surface area (Å²) in [6.45, 7) is 2.29. The maximum absolute atomic E-state index is 12.3. The van der Waals surface area contributed by atoms with Crippen molar-refractivity contribution in [1.82, 2.24) is 25.3 Å². The molecule has 0 aliphatic carbocycles. The molecule has 0 spiro atoms. The normalized spacial score (nSPS) is 10.8. The van der Waals surface area contributed by atoms with Crippen molar-refractivity contribution >= 4 is 29.1 Å². The van der Waals surface area contributed by atoms with E-state index in [1.165, 1.54) is 0 Å². The highest BCUT2D eigenvalue weighted by Gasteiger charge is 2.13. The summed E-state index contributed by atoms with van der Waals surface area (Å²) in [5.74, 6) is -0.252. The number of aryl methyl sites for hydroxylation is 2. The summed E-state index contributed by atoms with van der Waals surface area (Å²) in [6, 6.07) is 8.70. The molecule has 2 heterocycles. The first-order valence-electron chi connectivity index (χ1n) is 7.22. The average molecular weight is 364 g/mol. The van der Waals surface area contributed by atoms with Crippen LogP contribution in [0.3, 0.4) is 0 Å². The van der Waals surface area contributed by atoms with Gasteiger partial charge in [-0.15, -0.1) is 0 Å². The van der Waals surface area contributed by atoms with Crippen LogP contribution in [0.4, 0.5) is 0 Å². The number of hydrogen-bond donors (Lipinski definition) is 2. The zero-order chi connectivity index (χ0) is 17.3. The molecule has 1 amide bonds. The topological polar surface area (TPSA) is 75.6 Å². The highest BCUT2D eigenvalue weighted by Crippen LogP contribution is 2.29. The van der Waals surface area contributed by atoms with E-state index in [4.69, 9.17) is 23.2 Å². The SMILES string of the molecule is Cc1cc(CNC(=O)c2cc(-c3ccc(Cl)cc3Cl)n[nH]2)n(C)n1. The van der Waals surface area contributed by atoms with Crippen molar-refractivity contribution in [2.45, 2.75) is 13.5 Å². The molecule has 2 aromatic heterocycles. The fraction of sp³-hybridized carbons (Fsp3) is 0.188. The summed E-state index contributed by atoms with van der Waals surface area (Å²) >= 11 is 12.1. The highest BCUT2D eigenvalue weighted by atomic mass is 35.5. The van der Waals surface area contributed by atoms with Gasteiger partial charge in [0.1, 0.15) is 5.69 Å². The van der Waals surface area contributed by atoms with Crippen LogP contribution in [0.1, 0.15) is 21.9 Å². The second-order valence-electron chi connectivity index (χ2n) is 5.37. The maximum atomic E-state index is 12.3. The molecule has 0 saturated heterocycles. The van der Waals surface area contributed by atoms with Gasteiger partial charge in [0.2, 0.25) is 0 Å². The third-order valence-electron chi connectivity index (χ3n) is 3.56. The predicted molar refractivity (Wildman–Crippen MR) is 93.2 cm³/mol. The van der Waals surface area contributed by atoms with Crippen molar-refractivity contribution < 1.29 is 4.79 Å². The number of nitrogens with zero attached hydrogens (tertiary/aromatic N) is 3. The number of rotatable bonds is 4. The standard InChI is InChI=1S/C16H15Cl2N5O/c1-9-5-11(23(2)22-9)8-19-16(24)15-7-14(20-21-15)12-4-3-10(17)6-13(12)18/h3-7H,8H2,1-2H3,(H,19,24)(H,20,21). The fourth-order valence-electron chi connectivity index (χ4n) is 2.37. The quantitative estimate of drug-likeness (QED) is 0.746. The lowest BCUT2D eigenvalue weighted by Crippen LogP contribution is -2.24. The number of amides is 1. The summed E-state index contributed by atoms with van der Waals surface area (Å²) < 4.78 is 1.74. The third kappa shape index (κ3) is 3.44. The molecular formula is C16H15Cl2N5O. The van der Waals surface area contributed by atoms with Crippen molar-refractivity contribution in [2.24, 2.45) is 7.05 Å². The number of H-pyrrole nitrogens is 1. The molecule has 0 bridgehead atoms. The number of benzene rings is 1. The van der Waals surface area contributed by atoms with Gasteiger partial charge >= 0.3 is 0 Å². The number of carbonyl (C=O) groups is 1. The summed E-state index contributed by atoms with van der Waals surface area (Å²) in [5, 5.41) is 15.0. The molecule has 0 fully saturated rings. The van der Waals surface area contributed by atoms with Gasteiger partial charge in [0.25, 0.3) is 5.91 Å². The molecule has 0 saturated carbocycles. The fourth-order valence-corrected chi connectivity index (χ4v) is 2.87. The predicted octanol–water partition coefficient (Wildman–Crippen LogP) is 3.36. The van der Waals surface area contributed by atoms with Gasteiger partial charge in [0, 0.05) is 17.6 Å². The Kier molecular flexibility index (Phi) is 4.59. The average Bonchev–Trinajstić information content (AvgIpc) is 3.11. The monoisotopic (exact) mass is 363 g/mol. The van der Waals surface area contributed by atoms with E-state index in [1.54, 1.807) is 28.9 Å². The lowest BCUT2D eigenvalue weighted by molar-refractivity contribution is 0.0945. The van der Waals surface area contributed by atoms with Crippen molar-refractivity contribution in [3.63, 3.8) is 0 Å². The number of halogens is 2. The molecule has 3 aromatic rings. The zero-order valence-corrected chi connectivity index (χ0v) is 14.6. The molecule has 3 rings (SSSR count). The Bertz CT molecular complexity index is 900. The molecular weight excluding hydrogens is 349 g/mol. The maximum Gasteiger partial charge on any atom is 0.269 e. The van der Waals surface area contributed by atoms with Crippen LogP contribution in [-0.4, -0.2) is 25.9 Å². The third-order valence-corrected chi connectivity index (χ3v) is 4.11.